The molecule has 0 amide bonds. The molecule has 1 heterocycles. The molecule has 6 heteroatoms. The highest BCUT2D eigenvalue weighted by molar-refractivity contribution is 7.17. The normalized spacial score (nSPS) is 15.6. The number of thiophene rings is 1. The van der Waals surface area contributed by atoms with Gasteiger partial charge in [-0.1, -0.05) is 47.8 Å². The molecular weight excluding hydrogens is 325 g/mol. The lowest BCUT2D eigenvalue weighted by Gasteiger charge is -2.30. The van der Waals surface area contributed by atoms with Gasteiger partial charge in [0.15, 0.2) is 0 Å². The van der Waals surface area contributed by atoms with Crippen molar-refractivity contribution < 1.29 is 5.11 Å². The molecule has 104 valence electrons. The van der Waals surface area contributed by atoms with Gasteiger partial charge in [-0.15, -0.1) is 11.3 Å². The summed E-state index contributed by atoms with van der Waals surface area (Å²) in [5.41, 5.74) is 0.739. The van der Waals surface area contributed by atoms with Crippen molar-refractivity contribution in [2.75, 3.05) is 6.54 Å². The molecule has 2 rings (SSSR count). The topological polar surface area (TPSA) is 32.3 Å². The van der Waals surface area contributed by atoms with Crippen molar-refractivity contribution >= 4 is 56.2 Å². The fourth-order valence-electron chi connectivity index (χ4n) is 1.99. The maximum atomic E-state index is 10.4. The quantitative estimate of drug-likeness (QED) is 0.815. The summed E-state index contributed by atoms with van der Waals surface area (Å²) in [7, 11) is 0. The van der Waals surface area contributed by atoms with Gasteiger partial charge in [0.05, 0.1) is 12.1 Å². The van der Waals surface area contributed by atoms with E-state index in [1.54, 1.807) is 11.3 Å². The minimum atomic E-state index is -1.57. The first-order valence-electron chi connectivity index (χ1n) is 5.89. The van der Waals surface area contributed by atoms with Gasteiger partial charge in [-0.05, 0) is 41.1 Å². The molecule has 0 saturated heterocycles. The van der Waals surface area contributed by atoms with Gasteiger partial charge in [0, 0.05) is 4.70 Å². The largest absolute Gasteiger partial charge is 0.387 e. The molecule has 2 nitrogen and oxygen atoms in total. The van der Waals surface area contributed by atoms with Gasteiger partial charge in [-0.25, -0.2) is 0 Å². The molecule has 2 unspecified atom stereocenters. The number of aliphatic hydroxyl groups excluding tert-OH is 1. The second-order valence-corrected chi connectivity index (χ2v) is 7.56. The first kappa shape index (κ1) is 15.4. The third kappa shape index (κ3) is 3.54. The van der Waals surface area contributed by atoms with Crippen LogP contribution in [0.25, 0.3) is 10.1 Å². The molecule has 0 aliphatic rings. The molecule has 0 aliphatic carbocycles. The number of aliphatic hydroxyl groups is 1. The second kappa shape index (κ2) is 6.17. The number of benzene rings is 1. The highest BCUT2D eigenvalue weighted by Gasteiger charge is 2.38. The zero-order valence-corrected chi connectivity index (χ0v) is 13.3. The van der Waals surface area contributed by atoms with E-state index in [9.17, 15) is 5.11 Å². The van der Waals surface area contributed by atoms with Crippen molar-refractivity contribution in [1.29, 1.82) is 0 Å². The molecule has 0 spiro atoms. The number of fused-ring (bicyclic) bond motifs is 1. The van der Waals surface area contributed by atoms with Crippen LogP contribution in [0.5, 0.6) is 0 Å². The maximum absolute atomic E-state index is 10.4. The number of likely N-dealkylation sites (N-methyl/N-ethyl adjacent to an activating group) is 1. The average molecular weight is 339 g/mol. The Balaban J connectivity index is 2.32. The summed E-state index contributed by atoms with van der Waals surface area (Å²) < 4.78 is -0.399. The van der Waals surface area contributed by atoms with Crippen LogP contribution in [0.15, 0.2) is 29.6 Å². The summed E-state index contributed by atoms with van der Waals surface area (Å²) in [4.78, 5) is 0. The third-order valence-corrected chi connectivity index (χ3v) is 4.51. The van der Waals surface area contributed by atoms with E-state index < -0.39 is 15.9 Å². The standard InChI is InChI=1S/C13H14Cl3NOS/c1-2-17-12(13(14,15)16)11(18)9-3-4-10-8(7-9)5-6-19-10/h3-7,11-12,17-18H,2H2,1H3. The lowest BCUT2D eigenvalue weighted by Crippen LogP contribution is -2.44. The minimum Gasteiger partial charge on any atom is -0.387 e. The number of hydrogen-bond donors (Lipinski definition) is 2. The van der Waals surface area contributed by atoms with E-state index in [2.05, 4.69) is 5.32 Å². The summed E-state index contributed by atoms with van der Waals surface area (Å²) in [5.74, 6) is 0. The molecule has 2 N–H and O–H groups in total. The van der Waals surface area contributed by atoms with Crippen molar-refractivity contribution in [1.82, 2.24) is 5.32 Å². The molecule has 2 atom stereocenters. The smallest absolute Gasteiger partial charge is 0.208 e. The monoisotopic (exact) mass is 337 g/mol. The summed E-state index contributed by atoms with van der Waals surface area (Å²) in [5, 5.41) is 16.5. The first-order valence-corrected chi connectivity index (χ1v) is 7.90. The number of hydrogen-bond acceptors (Lipinski definition) is 3. The van der Waals surface area contributed by atoms with Gasteiger partial charge in [0.1, 0.15) is 0 Å². The lowest BCUT2D eigenvalue weighted by atomic mass is 10.0. The van der Waals surface area contributed by atoms with Crippen LogP contribution in [0.4, 0.5) is 0 Å². The maximum Gasteiger partial charge on any atom is 0.208 e. The fraction of sp³-hybridized carbons (Fsp3) is 0.385. The van der Waals surface area contributed by atoms with Crippen molar-refractivity contribution in [3.8, 4) is 0 Å². The molecule has 0 radical (unpaired) electrons. The van der Waals surface area contributed by atoms with Gasteiger partial charge in [0.2, 0.25) is 3.79 Å². The van der Waals surface area contributed by atoms with E-state index in [1.165, 1.54) is 4.70 Å². The summed E-state index contributed by atoms with van der Waals surface area (Å²) >= 11 is 19.4. The van der Waals surface area contributed by atoms with E-state index in [-0.39, 0.29) is 0 Å². The molecule has 19 heavy (non-hydrogen) atoms. The van der Waals surface area contributed by atoms with Crippen LogP contribution in [0.1, 0.15) is 18.6 Å². The molecule has 1 aromatic carbocycles. The molecular formula is C13H14Cl3NOS. The Kier molecular flexibility index (Phi) is 4.99. The Morgan fingerprint density at radius 2 is 2.05 bits per heavy atom. The van der Waals surface area contributed by atoms with Crippen LogP contribution in [-0.2, 0) is 0 Å². The highest BCUT2D eigenvalue weighted by atomic mass is 35.6. The van der Waals surface area contributed by atoms with Crippen molar-refractivity contribution in [3.05, 3.63) is 35.2 Å². The summed E-state index contributed by atoms with van der Waals surface area (Å²) in [6, 6.07) is 7.12. The van der Waals surface area contributed by atoms with Crippen LogP contribution in [0.3, 0.4) is 0 Å². The Morgan fingerprint density at radius 1 is 1.32 bits per heavy atom. The summed E-state index contributed by atoms with van der Waals surface area (Å²) in [6.07, 6.45) is -0.878. The van der Waals surface area contributed by atoms with E-state index >= 15 is 0 Å². The zero-order chi connectivity index (χ0) is 14.0. The van der Waals surface area contributed by atoms with Crippen LogP contribution in [0, 0.1) is 0 Å². The van der Waals surface area contributed by atoms with Crippen LogP contribution in [0.2, 0.25) is 0 Å². The van der Waals surface area contributed by atoms with E-state index in [1.807, 2.05) is 36.6 Å². The van der Waals surface area contributed by atoms with Gasteiger partial charge in [-0.3, -0.25) is 0 Å². The van der Waals surface area contributed by atoms with Crippen molar-refractivity contribution in [2.45, 2.75) is 22.9 Å². The molecule has 0 saturated carbocycles. The Morgan fingerprint density at radius 3 is 2.68 bits per heavy atom. The highest BCUT2D eigenvalue weighted by Crippen LogP contribution is 2.37. The van der Waals surface area contributed by atoms with Gasteiger partial charge >= 0.3 is 0 Å². The van der Waals surface area contributed by atoms with Crippen LogP contribution < -0.4 is 5.32 Å². The summed E-state index contributed by atoms with van der Waals surface area (Å²) in [6.45, 7) is 2.51. The third-order valence-electron chi connectivity index (χ3n) is 2.91. The second-order valence-electron chi connectivity index (χ2n) is 4.24. The number of nitrogens with one attached hydrogen (secondary N) is 1. The predicted molar refractivity (Wildman–Crippen MR) is 84.5 cm³/mol. The van der Waals surface area contributed by atoms with Gasteiger partial charge in [-0.2, -0.15) is 0 Å². The van der Waals surface area contributed by atoms with E-state index in [0.29, 0.717) is 6.54 Å². The molecule has 1 aromatic heterocycles. The lowest BCUT2D eigenvalue weighted by molar-refractivity contribution is 0.131. The number of halogens is 3. The van der Waals surface area contributed by atoms with Crippen molar-refractivity contribution in [2.24, 2.45) is 0 Å². The molecule has 0 bridgehead atoms. The molecule has 0 aliphatic heterocycles. The van der Waals surface area contributed by atoms with Gasteiger partial charge in [0.25, 0.3) is 0 Å². The minimum absolute atomic E-state index is 0.607. The Bertz CT molecular complexity index is 552. The van der Waals surface area contributed by atoms with E-state index in [0.717, 1.165) is 10.9 Å². The average Bonchev–Trinajstić information content (AvgIpc) is 2.80. The Hall–Kier alpha value is -0.0300. The molecule has 2 aromatic rings. The number of alkyl halides is 3. The number of rotatable bonds is 4. The van der Waals surface area contributed by atoms with Crippen LogP contribution in [-0.4, -0.2) is 21.5 Å². The SMILES string of the molecule is CCNC(C(O)c1ccc2sccc2c1)C(Cl)(Cl)Cl. The fourth-order valence-corrected chi connectivity index (χ4v) is 3.35. The zero-order valence-electron chi connectivity index (χ0n) is 10.2. The van der Waals surface area contributed by atoms with Crippen molar-refractivity contribution in [3.63, 3.8) is 0 Å². The predicted octanol–water partition coefficient (Wildman–Crippen LogP) is 4.28. The Labute approximate surface area is 131 Å². The first-order chi connectivity index (χ1) is 8.93. The van der Waals surface area contributed by atoms with E-state index in [4.69, 9.17) is 34.8 Å². The molecule has 0 fully saturated rings. The van der Waals surface area contributed by atoms with Crippen LogP contribution >= 0.6 is 46.1 Å². The van der Waals surface area contributed by atoms with Gasteiger partial charge < -0.3 is 10.4 Å².